The lowest BCUT2D eigenvalue weighted by atomic mass is 9.85. The predicted octanol–water partition coefficient (Wildman–Crippen LogP) is 8.83. The lowest BCUT2D eigenvalue weighted by molar-refractivity contribution is -0.147. The van der Waals surface area contributed by atoms with E-state index in [2.05, 4.69) is 21.9 Å². The van der Waals surface area contributed by atoms with Crippen molar-refractivity contribution in [2.75, 3.05) is 11.1 Å². The Bertz CT molecular complexity index is 3780. The number of H-pyrrole nitrogens is 2. The number of hydrogen-bond acceptors (Lipinski definition) is 12. The van der Waals surface area contributed by atoms with Crippen LogP contribution in [0.3, 0.4) is 0 Å². The minimum Gasteiger partial charge on any atom is -0.481 e. The van der Waals surface area contributed by atoms with Gasteiger partial charge in [-0.3, -0.25) is 24.2 Å². The zero-order chi connectivity index (χ0) is 60.2. The third-order valence-corrected chi connectivity index (χ3v) is 15.7. The lowest BCUT2D eigenvalue weighted by Crippen LogP contribution is -2.45. The molecule has 1 unspecified atom stereocenters. The maximum absolute atomic E-state index is 13.6. The van der Waals surface area contributed by atoms with Gasteiger partial charge in [-0.05, 0) is 123 Å². The highest BCUT2D eigenvalue weighted by atomic mass is 32.2. The molecule has 0 fully saturated rings. The van der Waals surface area contributed by atoms with Gasteiger partial charge in [0.15, 0.2) is 15.4 Å². The lowest BCUT2D eigenvalue weighted by Gasteiger charge is -2.22. The number of anilines is 1. The van der Waals surface area contributed by atoms with E-state index in [-0.39, 0.29) is 45.8 Å². The predicted molar refractivity (Wildman–Crippen MR) is 288 cm³/mol. The van der Waals surface area contributed by atoms with Crippen LogP contribution in [-0.4, -0.2) is 107 Å². The fourth-order valence-electron chi connectivity index (χ4n) is 9.54. The molecule has 7 rings (SSSR count). The molecule has 2 aliphatic heterocycles. The Kier molecular flexibility index (Phi) is 18.2. The number of aromatic carboxylic acids is 1. The minimum atomic E-state index is -4.86. The summed E-state index contributed by atoms with van der Waals surface area (Å²) in [5.74, 6) is -10.3. The van der Waals surface area contributed by atoms with Gasteiger partial charge in [0.25, 0.3) is 5.91 Å². The second-order valence-electron chi connectivity index (χ2n) is 19.5. The second-order valence-corrected chi connectivity index (χ2v) is 21.4. The van der Waals surface area contributed by atoms with E-state index in [1.54, 1.807) is 19.1 Å². The molecule has 0 saturated heterocycles. The summed E-state index contributed by atoms with van der Waals surface area (Å²) in [5, 5.41) is 62.5. The van der Waals surface area contributed by atoms with Crippen LogP contribution in [0.15, 0.2) is 72.1 Å². The smallest absolute Gasteiger partial charge is 0.417 e. The van der Waals surface area contributed by atoms with Crippen LogP contribution in [0, 0.1) is 31.0 Å². The number of halogens is 4. The van der Waals surface area contributed by atoms with Crippen LogP contribution in [0.5, 0.6) is 0 Å². The number of carboxylic acids is 4. The fourth-order valence-corrected chi connectivity index (χ4v) is 11.1. The van der Waals surface area contributed by atoms with Crippen molar-refractivity contribution in [2.24, 2.45) is 0 Å². The summed E-state index contributed by atoms with van der Waals surface area (Å²) in [6.45, 7) is 14.3. The van der Waals surface area contributed by atoms with E-state index in [0.29, 0.717) is 46.2 Å². The first kappa shape index (κ1) is 61.2. The molecule has 25 heteroatoms. The van der Waals surface area contributed by atoms with Crippen molar-refractivity contribution in [3.05, 3.63) is 135 Å². The number of amides is 2. The van der Waals surface area contributed by atoms with Gasteiger partial charge in [0.1, 0.15) is 11.9 Å². The zero-order valence-corrected chi connectivity index (χ0v) is 45.1. The van der Waals surface area contributed by atoms with Gasteiger partial charge in [-0.2, -0.15) is 18.4 Å². The normalized spacial score (nSPS) is 15.3. The highest BCUT2D eigenvalue weighted by molar-refractivity contribution is 7.91. The molecule has 2 amide bonds. The average Bonchev–Trinajstić information content (AvgIpc) is 4.22. The summed E-state index contributed by atoms with van der Waals surface area (Å²) in [7, 11) is -4.21. The minimum absolute atomic E-state index is 0.0384. The van der Waals surface area contributed by atoms with Crippen LogP contribution in [0.1, 0.15) is 132 Å². The number of aliphatic carboxylic acids is 3. The zero-order valence-electron chi connectivity index (χ0n) is 44.3. The first-order valence-corrected chi connectivity index (χ1v) is 26.4. The molecular weight excluding hydrogens is 1090 g/mol. The van der Waals surface area contributed by atoms with Crippen LogP contribution in [0.4, 0.5) is 23.2 Å². The van der Waals surface area contributed by atoms with Gasteiger partial charge in [-0.1, -0.05) is 26.5 Å². The number of nitrogens with one attached hydrogen (secondary N) is 4. The SMILES string of the molecule is C=Cc1c(C)c2cc3nc(c(CC(=O)N[C@@H](CC(=O)O)C(=O)O)c4[nH]c(cc5nc(cc1[nH]2)C(C)=C5CC)c(C)c4C(=O)O)[C@@H](CCC(=O)O)[C@@H]3C.CC(O)(CS(=O)(=O)c1ccc(F)cc1)C(=O)Nc1ccc(C#N)c(C(F)(F)F)c1. The Hall–Kier alpha value is -9.02. The molecule has 5 heterocycles. The number of aryl methyl sites for hydroxylation is 2. The summed E-state index contributed by atoms with van der Waals surface area (Å²) in [6, 6.07) is 11.2. The molecule has 20 nitrogen and oxygen atoms in total. The van der Waals surface area contributed by atoms with Crippen LogP contribution >= 0.6 is 0 Å². The van der Waals surface area contributed by atoms with Gasteiger partial charge in [0, 0.05) is 57.3 Å². The van der Waals surface area contributed by atoms with Gasteiger partial charge >= 0.3 is 30.1 Å². The van der Waals surface area contributed by atoms with Crippen LogP contribution in [0.25, 0.3) is 39.3 Å². The Labute approximate surface area is 459 Å². The molecule has 0 saturated carbocycles. The molecule has 426 valence electrons. The number of carbonyl (C=O) groups is 6. The van der Waals surface area contributed by atoms with Crippen molar-refractivity contribution in [1.82, 2.24) is 25.3 Å². The van der Waals surface area contributed by atoms with E-state index < -0.39 is 111 Å². The molecule has 9 N–H and O–H groups in total. The molecular formula is C56H55F4N7O13S. The summed E-state index contributed by atoms with van der Waals surface area (Å²) in [5.41, 5.74) is 3.11. The van der Waals surface area contributed by atoms with E-state index in [4.69, 9.17) is 15.2 Å². The molecule has 0 aliphatic carbocycles. The number of rotatable bonds is 17. The van der Waals surface area contributed by atoms with Crippen LogP contribution < -0.4 is 10.6 Å². The number of aromatic nitrogens is 4. The molecule has 0 radical (unpaired) electrons. The Morgan fingerprint density at radius 2 is 1.53 bits per heavy atom. The van der Waals surface area contributed by atoms with Crippen molar-refractivity contribution in [3.8, 4) is 6.07 Å². The summed E-state index contributed by atoms with van der Waals surface area (Å²) >= 11 is 0. The van der Waals surface area contributed by atoms with E-state index in [1.165, 1.54) is 6.07 Å². The van der Waals surface area contributed by atoms with Gasteiger partial charge in [-0.15, -0.1) is 0 Å². The Balaban J connectivity index is 0.000000308. The maximum atomic E-state index is 13.6. The largest absolute Gasteiger partial charge is 0.481 e. The van der Waals surface area contributed by atoms with Crippen molar-refractivity contribution >= 4 is 90.5 Å². The van der Waals surface area contributed by atoms with E-state index in [9.17, 15) is 80.3 Å². The van der Waals surface area contributed by atoms with Crippen molar-refractivity contribution < 1.29 is 80.3 Å². The number of nitrogens with zero attached hydrogens (tertiary/aromatic N) is 3. The molecule has 2 aromatic carbocycles. The number of sulfone groups is 1. The van der Waals surface area contributed by atoms with E-state index >= 15 is 0 Å². The number of carboxylic acid groups (broad SMARTS) is 4. The fraction of sp³-hybridized carbons (Fsp3) is 0.304. The number of fused-ring (bicyclic) bond motifs is 8. The van der Waals surface area contributed by atoms with Gasteiger partial charge in [0.05, 0.1) is 68.8 Å². The monoisotopic (exact) mass is 1140 g/mol. The van der Waals surface area contributed by atoms with Crippen molar-refractivity contribution in [3.63, 3.8) is 0 Å². The number of nitriles is 1. The summed E-state index contributed by atoms with van der Waals surface area (Å²) in [4.78, 5) is 90.2. The highest BCUT2D eigenvalue weighted by Gasteiger charge is 2.39. The number of hydrogen-bond donors (Lipinski definition) is 9. The molecule has 2 aliphatic rings. The number of aromatic amines is 2. The van der Waals surface area contributed by atoms with Crippen molar-refractivity contribution in [2.45, 2.75) is 108 Å². The molecule has 0 spiro atoms. The Morgan fingerprint density at radius 1 is 0.889 bits per heavy atom. The number of carbonyl (C=O) groups excluding carboxylic acids is 2. The van der Waals surface area contributed by atoms with Crippen molar-refractivity contribution in [1.29, 1.82) is 5.26 Å². The number of aliphatic hydroxyl groups is 1. The maximum Gasteiger partial charge on any atom is 0.417 e. The Morgan fingerprint density at radius 3 is 2.10 bits per heavy atom. The topological polar surface area (TPSA) is 343 Å². The molecule has 5 aromatic rings. The highest BCUT2D eigenvalue weighted by Crippen LogP contribution is 2.43. The first-order valence-electron chi connectivity index (χ1n) is 24.7. The third-order valence-electron chi connectivity index (χ3n) is 13.8. The molecule has 4 atom stereocenters. The van der Waals surface area contributed by atoms with E-state index in [0.717, 1.165) is 71.1 Å². The summed E-state index contributed by atoms with van der Waals surface area (Å²) in [6.07, 6.45) is -4.12. The number of alkyl halides is 3. The first-order chi connectivity index (χ1) is 37.8. The second kappa shape index (κ2) is 24.1. The van der Waals surface area contributed by atoms with Gasteiger partial charge < -0.3 is 46.1 Å². The molecule has 81 heavy (non-hydrogen) atoms. The van der Waals surface area contributed by atoms with Gasteiger partial charge in [-0.25, -0.2) is 27.4 Å². The third kappa shape index (κ3) is 13.7. The number of benzene rings is 2. The quantitative estimate of drug-likeness (QED) is 0.0310. The van der Waals surface area contributed by atoms with Crippen LogP contribution in [0.2, 0.25) is 0 Å². The van der Waals surface area contributed by atoms with Gasteiger partial charge in [0.2, 0.25) is 5.91 Å². The average molecular weight is 1140 g/mol. The van der Waals surface area contributed by atoms with E-state index in [1.807, 2.05) is 45.1 Å². The molecule has 8 bridgehead atoms. The van der Waals surface area contributed by atoms with Crippen LogP contribution in [-0.2, 0) is 46.4 Å². The standard InChI is InChI=1S/C38H41N5O9.C18H14F4N2O4S/c1-7-20-16(3)24-12-26-18(5)22(9-10-32(45)46)35(42-26)23(11-31(44)41-30(37(49)50)15-33(47)48)36-34(38(51)52)19(6)27(43-36)14-29-21(8-2)17(4)25(40-29)13-28(20)39-24;1-17(26,10-29(27,28)14-6-3-12(19)4-7-14)16(25)24-13-5-2-11(9-23)15(8-13)18(20,21)22/h7,12-14,18,22,30,39,43H,1,8-11,15H2,2-6H3,(H,41,44)(H,45,46)(H,47,48)(H,49,50)(H,51,52);2-8,26H,10H2,1H3,(H,24,25)/t18-,22-,30-;/m0./s1. The molecule has 3 aromatic heterocycles. The number of allylic oxidation sites excluding steroid dienone is 2. The summed E-state index contributed by atoms with van der Waals surface area (Å²) < 4.78 is 76.6.